The second kappa shape index (κ2) is 6.64. The lowest BCUT2D eigenvalue weighted by Gasteiger charge is -2.23. The van der Waals surface area contributed by atoms with Crippen molar-refractivity contribution in [3.05, 3.63) is 81.0 Å². The smallest absolute Gasteiger partial charge is 0.270 e. The van der Waals surface area contributed by atoms with E-state index in [9.17, 15) is 20.0 Å². The van der Waals surface area contributed by atoms with Crippen molar-refractivity contribution in [1.82, 2.24) is 4.98 Å². The number of carbonyl (C=O) groups excluding carboxylic acids is 1. The zero-order valence-corrected chi connectivity index (χ0v) is 14.3. The second-order valence-electron chi connectivity index (χ2n) is 6.49. The topological polar surface area (TPSA) is 96.2 Å². The first-order valence-corrected chi connectivity index (χ1v) is 8.63. The molecule has 6 nitrogen and oxygen atoms in total. The summed E-state index contributed by atoms with van der Waals surface area (Å²) in [6.07, 6.45) is 3.98. The summed E-state index contributed by atoms with van der Waals surface area (Å²) in [4.78, 5) is 27.1. The lowest BCUT2D eigenvalue weighted by atomic mass is 9.86. The maximum absolute atomic E-state index is 11.8. The van der Waals surface area contributed by atoms with Crippen LogP contribution >= 0.6 is 0 Å². The van der Waals surface area contributed by atoms with E-state index in [1.54, 1.807) is 30.3 Å². The van der Waals surface area contributed by atoms with E-state index in [2.05, 4.69) is 0 Å². The Balaban J connectivity index is 1.92. The molecule has 0 unspecified atom stereocenters. The highest BCUT2D eigenvalue weighted by molar-refractivity contribution is 6.05. The molecule has 134 valence electrons. The van der Waals surface area contributed by atoms with E-state index < -0.39 is 10.9 Å². The highest BCUT2D eigenvalue weighted by Crippen LogP contribution is 2.36. The van der Waals surface area contributed by atoms with E-state index in [1.165, 1.54) is 12.1 Å². The Morgan fingerprint density at radius 3 is 2.70 bits per heavy atom. The number of rotatable bonds is 3. The van der Waals surface area contributed by atoms with Crippen LogP contribution in [0.25, 0.3) is 22.6 Å². The summed E-state index contributed by atoms with van der Waals surface area (Å²) in [6, 6.07) is 13.5. The SMILES string of the molecule is O=C([O-])c1c2c(nc3ccccc13)/C(=C/c1cccc([N+](=O)[O-])c1)CCC2. The van der Waals surface area contributed by atoms with Crippen molar-refractivity contribution >= 4 is 34.2 Å². The van der Waals surface area contributed by atoms with Gasteiger partial charge in [0, 0.05) is 23.1 Å². The van der Waals surface area contributed by atoms with Crippen LogP contribution in [0.4, 0.5) is 5.69 Å². The van der Waals surface area contributed by atoms with Gasteiger partial charge in [0.1, 0.15) is 0 Å². The first-order chi connectivity index (χ1) is 13.0. The van der Waals surface area contributed by atoms with E-state index in [4.69, 9.17) is 4.98 Å². The number of nitrogens with zero attached hydrogens (tertiary/aromatic N) is 2. The number of allylic oxidation sites excluding steroid dienone is 1. The molecule has 0 saturated carbocycles. The first kappa shape index (κ1) is 16.9. The minimum Gasteiger partial charge on any atom is -0.545 e. The number of non-ortho nitro benzene ring substituents is 1. The number of carboxylic acid groups (broad SMARTS) is 1. The van der Waals surface area contributed by atoms with Gasteiger partial charge in [-0.15, -0.1) is 0 Å². The minimum absolute atomic E-state index is 0.0160. The van der Waals surface area contributed by atoms with Crippen molar-refractivity contribution in [3.8, 4) is 0 Å². The molecular weight excluding hydrogens is 344 g/mol. The molecule has 0 atom stereocenters. The molecule has 0 bridgehead atoms. The monoisotopic (exact) mass is 359 g/mol. The van der Waals surface area contributed by atoms with Crippen LogP contribution in [0.15, 0.2) is 48.5 Å². The molecule has 0 amide bonds. The molecular formula is C21H15N2O4-. The van der Waals surface area contributed by atoms with Crippen LogP contribution in [0.2, 0.25) is 0 Å². The molecule has 6 heteroatoms. The lowest BCUT2D eigenvalue weighted by Crippen LogP contribution is -2.26. The Labute approximate surface area is 154 Å². The number of carboxylic acids is 1. The Kier molecular flexibility index (Phi) is 4.16. The molecule has 0 saturated heterocycles. The molecule has 0 N–H and O–H groups in total. The summed E-state index contributed by atoms with van der Waals surface area (Å²) in [5, 5.41) is 23.4. The summed E-state index contributed by atoms with van der Waals surface area (Å²) in [5.74, 6) is -1.21. The van der Waals surface area contributed by atoms with Gasteiger partial charge in [-0.25, -0.2) is 4.98 Å². The molecule has 2 aromatic carbocycles. The Hall–Kier alpha value is -3.54. The third kappa shape index (κ3) is 3.06. The summed E-state index contributed by atoms with van der Waals surface area (Å²) >= 11 is 0. The van der Waals surface area contributed by atoms with E-state index in [0.29, 0.717) is 34.1 Å². The third-order valence-electron chi connectivity index (χ3n) is 4.80. The zero-order valence-electron chi connectivity index (χ0n) is 14.3. The first-order valence-electron chi connectivity index (χ1n) is 8.63. The quantitative estimate of drug-likeness (QED) is 0.527. The largest absolute Gasteiger partial charge is 0.545 e. The molecule has 0 aliphatic heterocycles. The van der Waals surface area contributed by atoms with Crippen molar-refractivity contribution in [2.24, 2.45) is 0 Å². The van der Waals surface area contributed by atoms with E-state index in [1.807, 2.05) is 12.1 Å². The van der Waals surface area contributed by atoms with Gasteiger partial charge >= 0.3 is 0 Å². The van der Waals surface area contributed by atoms with Crippen LogP contribution in [0, 0.1) is 10.1 Å². The Bertz CT molecular complexity index is 1120. The van der Waals surface area contributed by atoms with Crippen molar-refractivity contribution in [1.29, 1.82) is 0 Å². The van der Waals surface area contributed by atoms with Gasteiger partial charge in [-0.2, -0.15) is 0 Å². The predicted octanol–water partition coefficient (Wildman–Crippen LogP) is 3.38. The number of para-hydroxylation sites is 1. The van der Waals surface area contributed by atoms with Crippen LogP contribution in [0.5, 0.6) is 0 Å². The molecule has 1 aliphatic carbocycles. The Morgan fingerprint density at radius 2 is 1.93 bits per heavy atom. The van der Waals surface area contributed by atoms with Crippen molar-refractivity contribution < 1.29 is 14.8 Å². The number of carbonyl (C=O) groups is 1. The number of aromatic carboxylic acids is 1. The molecule has 0 radical (unpaired) electrons. The van der Waals surface area contributed by atoms with E-state index >= 15 is 0 Å². The summed E-state index contributed by atoms with van der Waals surface area (Å²) in [6.45, 7) is 0. The standard InChI is InChI=1S/C21H16N2O4/c24-21(25)19-16-8-1-2-10-18(16)22-20-14(6-4-9-17(19)20)11-13-5-3-7-15(12-13)23(26)27/h1-3,5,7-8,10-12H,4,6,9H2,(H,24,25)/p-1/b14-11+. The molecule has 1 aromatic heterocycles. The van der Waals surface area contributed by atoms with E-state index in [-0.39, 0.29) is 11.3 Å². The summed E-state index contributed by atoms with van der Waals surface area (Å²) < 4.78 is 0. The van der Waals surface area contributed by atoms with Gasteiger partial charge in [0.25, 0.3) is 5.69 Å². The predicted molar refractivity (Wildman–Crippen MR) is 100.0 cm³/mol. The van der Waals surface area contributed by atoms with Crippen LogP contribution in [0.1, 0.15) is 40.0 Å². The maximum Gasteiger partial charge on any atom is 0.270 e. The average molecular weight is 359 g/mol. The normalized spacial score (nSPS) is 14.9. The van der Waals surface area contributed by atoms with Crippen molar-refractivity contribution in [2.75, 3.05) is 0 Å². The van der Waals surface area contributed by atoms with Crippen LogP contribution in [-0.2, 0) is 6.42 Å². The van der Waals surface area contributed by atoms with Crippen molar-refractivity contribution in [3.63, 3.8) is 0 Å². The number of nitro groups is 1. The van der Waals surface area contributed by atoms with Gasteiger partial charge in [-0.1, -0.05) is 30.3 Å². The second-order valence-corrected chi connectivity index (χ2v) is 6.49. The fourth-order valence-electron chi connectivity index (χ4n) is 3.64. The molecule has 4 rings (SSSR count). The van der Waals surface area contributed by atoms with Crippen LogP contribution in [-0.4, -0.2) is 15.9 Å². The maximum atomic E-state index is 11.8. The molecule has 1 heterocycles. The summed E-state index contributed by atoms with van der Waals surface area (Å²) in [5.41, 5.74) is 3.70. The van der Waals surface area contributed by atoms with E-state index in [0.717, 1.165) is 18.4 Å². The number of pyridine rings is 1. The van der Waals surface area contributed by atoms with Gasteiger partial charge in [0.15, 0.2) is 0 Å². The highest BCUT2D eigenvalue weighted by Gasteiger charge is 2.22. The number of nitro benzene ring substituents is 1. The summed E-state index contributed by atoms with van der Waals surface area (Å²) in [7, 11) is 0. The van der Waals surface area contributed by atoms with Gasteiger partial charge < -0.3 is 9.90 Å². The number of benzene rings is 2. The average Bonchev–Trinajstić information content (AvgIpc) is 2.66. The van der Waals surface area contributed by atoms with Crippen LogP contribution in [0.3, 0.4) is 0 Å². The Morgan fingerprint density at radius 1 is 1.11 bits per heavy atom. The number of fused-ring (bicyclic) bond motifs is 2. The van der Waals surface area contributed by atoms with Gasteiger partial charge in [0.05, 0.1) is 22.1 Å². The fourth-order valence-corrected chi connectivity index (χ4v) is 3.64. The van der Waals surface area contributed by atoms with Gasteiger partial charge in [0.2, 0.25) is 0 Å². The molecule has 3 aromatic rings. The molecule has 1 aliphatic rings. The number of hydrogen-bond donors (Lipinski definition) is 0. The van der Waals surface area contributed by atoms with Crippen LogP contribution < -0.4 is 5.11 Å². The highest BCUT2D eigenvalue weighted by atomic mass is 16.6. The zero-order chi connectivity index (χ0) is 19.0. The third-order valence-corrected chi connectivity index (χ3v) is 4.80. The lowest BCUT2D eigenvalue weighted by molar-refractivity contribution is -0.384. The molecule has 27 heavy (non-hydrogen) atoms. The number of aromatic nitrogens is 1. The number of hydrogen-bond acceptors (Lipinski definition) is 5. The fraction of sp³-hybridized carbons (Fsp3) is 0.143. The van der Waals surface area contributed by atoms with Gasteiger partial charge in [-0.05, 0) is 48.1 Å². The molecule has 0 fully saturated rings. The van der Waals surface area contributed by atoms with Crippen molar-refractivity contribution in [2.45, 2.75) is 19.3 Å². The van der Waals surface area contributed by atoms with Gasteiger partial charge in [-0.3, -0.25) is 10.1 Å². The minimum atomic E-state index is -1.21. The molecule has 0 spiro atoms.